The number of rotatable bonds is 36. The first-order chi connectivity index (χ1) is 26.7. The van der Waals surface area contributed by atoms with Crippen molar-refractivity contribution in [1.29, 1.82) is 0 Å². The van der Waals surface area contributed by atoms with E-state index in [1.165, 1.54) is 38.0 Å². The number of esters is 3. The van der Waals surface area contributed by atoms with Gasteiger partial charge in [0.1, 0.15) is 0 Å². The lowest BCUT2D eigenvalue weighted by Crippen LogP contribution is -2.34. The van der Waals surface area contributed by atoms with E-state index in [1.54, 1.807) is 0 Å². The molecule has 0 aromatic carbocycles. The first-order valence-corrected chi connectivity index (χ1v) is 22.2. The second kappa shape index (κ2) is 38.8. The third-order valence-electron chi connectivity index (χ3n) is 8.28. The van der Waals surface area contributed by atoms with Crippen LogP contribution < -0.4 is 0 Å². The summed E-state index contributed by atoms with van der Waals surface area (Å²) in [4.78, 5) is 73.7. The smallest absolute Gasteiger partial charge is 0.551 e. The Morgan fingerprint density at radius 3 is 0.855 bits per heavy atom. The van der Waals surface area contributed by atoms with Gasteiger partial charge in [-0.15, -0.1) is 0 Å². The summed E-state index contributed by atoms with van der Waals surface area (Å²) in [5.41, 5.74) is 0. The van der Waals surface area contributed by atoms with E-state index in [1.807, 2.05) is 18.2 Å². The molecule has 0 amide bonds. The van der Waals surface area contributed by atoms with Gasteiger partial charge in [-0.1, -0.05) is 78.6 Å². The average Bonchev–Trinajstić information content (AvgIpc) is 3.15. The molecule has 0 unspecified atom stereocenters. The summed E-state index contributed by atoms with van der Waals surface area (Å²) < 4.78 is 31.2. The van der Waals surface area contributed by atoms with Crippen molar-refractivity contribution in [1.82, 2.24) is 0 Å². The normalized spacial score (nSPS) is 11.2. The van der Waals surface area contributed by atoms with Crippen molar-refractivity contribution < 1.29 is 54.3 Å². The molecular formula is C42H69AlO12. The number of allylic oxidation sites excluding steroid dienone is 3. The number of hydrogen-bond acceptors (Lipinski definition) is 12. The number of unbranched alkanes of at least 4 members (excludes halogenated alkanes) is 15. The fourth-order valence-electron chi connectivity index (χ4n) is 5.01. The highest BCUT2D eigenvalue weighted by molar-refractivity contribution is 6.44. The molecule has 0 aliphatic carbocycles. The molecule has 55 heavy (non-hydrogen) atoms. The Labute approximate surface area is 335 Å². The van der Waals surface area contributed by atoms with Crippen LogP contribution in [0.15, 0.2) is 37.0 Å². The van der Waals surface area contributed by atoms with Gasteiger partial charge in [0.2, 0.25) is 0 Å². The van der Waals surface area contributed by atoms with Crippen LogP contribution in [0.2, 0.25) is 0 Å². The van der Waals surface area contributed by atoms with Gasteiger partial charge in [-0.25, -0.2) is 0 Å². The summed E-state index contributed by atoms with van der Waals surface area (Å²) in [6.45, 7) is 6.43. The van der Waals surface area contributed by atoms with Crippen molar-refractivity contribution in [2.75, 3.05) is 0 Å². The van der Waals surface area contributed by atoms with Crippen molar-refractivity contribution in [2.45, 2.75) is 194 Å². The van der Waals surface area contributed by atoms with Gasteiger partial charge in [0.05, 0.1) is 18.8 Å². The Hall–Kier alpha value is -3.43. The molecule has 0 aromatic heterocycles. The van der Waals surface area contributed by atoms with Gasteiger partial charge in [0.15, 0.2) is 0 Å². The lowest BCUT2D eigenvalue weighted by atomic mass is 10.1. The minimum Gasteiger partial charge on any atom is -0.551 e. The molecule has 0 atom stereocenters. The SMILES string of the molecule is CCCCCCC=COC(=O)CCCCC(=O)[O][Al]([O]C(=O)CCCCC(=O)OC=CCCCCCC)[O]C(=O)CCCCC(=O)OC=CCCCCCC. The predicted octanol–water partition coefficient (Wildman–Crippen LogP) is 10.4. The van der Waals surface area contributed by atoms with Gasteiger partial charge in [-0.05, 0) is 95.3 Å². The van der Waals surface area contributed by atoms with Crippen molar-refractivity contribution in [3.05, 3.63) is 37.0 Å². The molecule has 0 rings (SSSR count). The molecule has 0 heterocycles. The minimum absolute atomic E-state index is 0.0796. The quantitative estimate of drug-likeness (QED) is 0.0195. The van der Waals surface area contributed by atoms with Gasteiger partial charge in [0, 0.05) is 38.5 Å². The zero-order chi connectivity index (χ0) is 40.6. The van der Waals surface area contributed by atoms with Gasteiger partial charge < -0.3 is 25.6 Å². The molecule has 0 aliphatic heterocycles. The molecule has 0 saturated heterocycles. The lowest BCUT2D eigenvalue weighted by Gasteiger charge is -2.13. The molecular weight excluding hydrogens is 723 g/mol. The second-order valence-electron chi connectivity index (χ2n) is 13.5. The molecule has 0 fully saturated rings. The Bertz CT molecular complexity index is 996. The van der Waals surface area contributed by atoms with E-state index >= 15 is 0 Å². The van der Waals surface area contributed by atoms with Crippen LogP contribution in [0.4, 0.5) is 0 Å². The van der Waals surface area contributed by atoms with Gasteiger partial charge in [-0.3, -0.25) is 28.8 Å². The van der Waals surface area contributed by atoms with Crippen LogP contribution >= 0.6 is 0 Å². The highest BCUT2D eigenvalue weighted by atomic mass is 27.3. The monoisotopic (exact) mass is 792 g/mol. The molecule has 312 valence electrons. The zero-order valence-electron chi connectivity index (χ0n) is 34.0. The van der Waals surface area contributed by atoms with Crippen LogP contribution in [0, 0.1) is 0 Å². The summed E-state index contributed by atoms with van der Waals surface area (Å²) >= 11 is -3.56. The first-order valence-electron chi connectivity index (χ1n) is 20.8. The molecule has 0 bridgehead atoms. The maximum atomic E-state index is 12.6. The van der Waals surface area contributed by atoms with Crippen molar-refractivity contribution in [3.8, 4) is 0 Å². The molecule has 0 aliphatic rings. The van der Waals surface area contributed by atoms with Gasteiger partial charge in [-0.2, -0.15) is 0 Å². The predicted molar refractivity (Wildman–Crippen MR) is 211 cm³/mol. The fraction of sp³-hybridized carbons (Fsp3) is 0.714. The number of carbonyl (C=O) groups excluding carboxylic acids is 6. The van der Waals surface area contributed by atoms with Crippen LogP contribution in [-0.4, -0.2) is 51.0 Å². The Morgan fingerprint density at radius 2 is 0.600 bits per heavy atom. The number of ether oxygens (including phenoxy) is 3. The van der Waals surface area contributed by atoms with Crippen molar-refractivity contribution in [3.63, 3.8) is 0 Å². The van der Waals surface area contributed by atoms with E-state index in [9.17, 15) is 28.8 Å². The van der Waals surface area contributed by atoms with Crippen LogP contribution in [0.5, 0.6) is 0 Å². The van der Waals surface area contributed by atoms with E-state index in [0.717, 1.165) is 77.0 Å². The summed E-state index contributed by atoms with van der Waals surface area (Å²) in [5.74, 6) is -3.38. The Morgan fingerprint density at radius 1 is 0.345 bits per heavy atom. The third kappa shape index (κ3) is 37.3. The van der Waals surface area contributed by atoms with E-state index < -0.39 is 51.0 Å². The van der Waals surface area contributed by atoms with E-state index in [0.29, 0.717) is 38.5 Å². The minimum atomic E-state index is -3.56. The maximum absolute atomic E-state index is 12.6. The second-order valence-corrected chi connectivity index (χ2v) is 14.8. The standard InChI is InChI=1S/3C14H24O4.Al/c3*1-2-3-4-5-6-9-12-18-14(17)11-8-7-10-13(15)16;/h3*9,12H,2-8,10-11H2,1H3,(H,15,16);/q;;;+3/p-3. The van der Waals surface area contributed by atoms with E-state index in [-0.39, 0.29) is 38.5 Å². The van der Waals surface area contributed by atoms with E-state index in [4.69, 9.17) is 25.6 Å². The molecule has 13 heteroatoms. The van der Waals surface area contributed by atoms with Gasteiger partial charge in [0.25, 0.3) is 17.9 Å². The van der Waals surface area contributed by atoms with Crippen molar-refractivity contribution in [2.24, 2.45) is 0 Å². The van der Waals surface area contributed by atoms with Gasteiger partial charge >= 0.3 is 33.1 Å². The molecule has 0 spiro atoms. The van der Waals surface area contributed by atoms with Crippen molar-refractivity contribution >= 4 is 51.0 Å². The average molecular weight is 793 g/mol. The van der Waals surface area contributed by atoms with Crippen LogP contribution in [0.3, 0.4) is 0 Å². The molecule has 0 radical (unpaired) electrons. The molecule has 12 nitrogen and oxygen atoms in total. The van der Waals surface area contributed by atoms with Crippen LogP contribution in [0.1, 0.15) is 194 Å². The summed E-state index contributed by atoms with van der Waals surface area (Å²) in [6, 6.07) is 0. The Balaban J connectivity index is 4.73. The third-order valence-corrected chi connectivity index (χ3v) is 9.64. The number of carbonyl (C=O) groups is 6. The highest BCUT2D eigenvalue weighted by Crippen LogP contribution is 2.11. The fourth-order valence-corrected chi connectivity index (χ4v) is 6.15. The first kappa shape index (κ1) is 51.6. The van der Waals surface area contributed by atoms with Crippen LogP contribution in [0.25, 0.3) is 0 Å². The summed E-state index contributed by atoms with van der Waals surface area (Å²) in [5, 5.41) is 0. The van der Waals surface area contributed by atoms with E-state index in [2.05, 4.69) is 20.8 Å². The number of hydrogen-bond donors (Lipinski definition) is 0. The molecule has 0 saturated carbocycles. The summed E-state index contributed by atoms with van der Waals surface area (Å²) in [7, 11) is 0. The largest absolute Gasteiger partial charge is 1.20 e. The molecule has 0 N–H and O–H groups in total. The maximum Gasteiger partial charge on any atom is 1.20 e. The van der Waals surface area contributed by atoms with Crippen LogP contribution in [-0.2, 0) is 54.3 Å². The Kier molecular flexibility index (Phi) is 36.4. The zero-order valence-corrected chi connectivity index (χ0v) is 35.2. The topological polar surface area (TPSA) is 158 Å². The lowest BCUT2D eigenvalue weighted by molar-refractivity contribution is -0.149. The summed E-state index contributed by atoms with van der Waals surface area (Å²) in [6.07, 6.45) is 27.9. The molecule has 0 aromatic rings. The highest BCUT2D eigenvalue weighted by Gasteiger charge is 2.48.